The Kier molecular flexibility index (Phi) is 4.07. The maximum absolute atomic E-state index is 11.6. The van der Waals surface area contributed by atoms with Crippen molar-refractivity contribution in [2.75, 3.05) is 12.4 Å². The lowest BCUT2D eigenvalue weighted by atomic mass is 9.49. The molecule has 0 atom stereocenters. The lowest BCUT2D eigenvalue weighted by Crippen LogP contribution is -2.47. The maximum Gasteiger partial charge on any atom is 0.220 e. The van der Waals surface area contributed by atoms with Gasteiger partial charge in [0.2, 0.25) is 5.91 Å². The van der Waals surface area contributed by atoms with Crippen LogP contribution in [0.3, 0.4) is 0 Å². The third-order valence-electron chi connectivity index (χ3n) is 5.68. The van der Waals surface area contributed by atoms with Crippen LogP contribution in [0.2, 0.25) is 0 Å². The number of hydrogen-bond acceptors (Lipinski definition) is 1. The smallest absolute Gasteiger partial charge is 0.220 e. The quantitative estimate of drug-likeness (QED) is 0.740. The summed E-state index contributed by atoms with van der Waals surface area (Å²) in [6.07, 6.45) is 11.4. The summed E-state index contributed by atoms with van der Waals surface area (Å²) in [7, 11) is 0. The fourth-order valence-corrected chi connectivity index (χ4v) is 5.51. The Hall–Kier alpha value is -0.240. The number of halogens is 1. The van der Waals surface area contributed by atoms with E-state index in [1.807, 2.05) is 0 Å². The van der Waals surface area contributed by atoms with Crippen molar-refractivity contribution in [1.82, 2.24) is 5.32 Å². The van der Waals surface area contributed by atoms with Gasteiger partial charge >= 0.3 is 0 Å². The first kappa shape index (κ1) is 13.7. The molecule has 0 heterocycles. The monoisotopic (exact) mass is 283 g/mol. The Bertz CT molecular complexity index is 306. The maximum atomic E-state index is 11.6. The fourth-order valence-electron chi connectivity index (χ4n) is 5.38. The summed E-state index contributed by atoms with van der Waals surface area (Å²) < 4.78 is 0. The molecule has 1 N–H and O–H groups in total. The van der Waals surface area contributed by atoms with E-state index in [9.17, 15) is 4.79 Å². The summed E-state index contributed by atoms with van der Waals surface area (Å²) >= 11 is 5.61. The van der Waals surface area contributed by atoms with Gasteiger partial charge in [0.05, 0.1) is 0 Å². The third-order valence-corrected chi connectivity index (χ3v) is 5.95. The Morgan fingerprint density at radius 1 is 1.11 bits per heavy atom. The first-order valence-corrected chi connectivity index (χ1v) is 8.55. The van der Waals surface area contributed by atoms with E-state index in [4.69, 9.17) is 11.6 Å². The van der Waals surface area contributed by atoms with Crippen LogP contribution in [-0.4, -0.2) is 18.3 Å². The van der Waals surface area contributed by atoms with Crippen LogP contribution in [0.5, 0.6) is 0 Å². The average Bonchev–Trinajstić information content (AvgIpc) is 2.34. The largest absolute Gasteiger partial charge is 0.356 e. The van der Waals surface area contributed by atoms with Gasteiger partial charge < -0.3 is 5.32 Å². The predicted molar refractivity (Wildman–Crippen MR) is 78.2 cm³/mol. The predicted octanol–water partition coefficient (Wildman–Crippen LogP) is 3.73. The highest BCUT2D eigenvalue weighted by Gasteiger charge is 2.50. The molecular formula is C16H26ClNO. The molecule has 4 aliphatic rings. The van der Waals surface area contributed by atoms with Gasteiger partial charge in [-0.1, -0.05) is 0 Å². The molecule has 4 bridgehead atoms. The first-order valence-electron chi connectivity index (χ1n) is 8.02. The highest BCUT2D eigenvalue weighted by Crippen LogP contribution is 2.61. The minimum atomic E-state index is 0.186. The molecule has 0 unspecified atom stereocenters. The summed E-state index contributed by atoms with van der Waals surface area (Å²) in [6.45, 7) is 0.882. The molecule has 0 aromatic carbocycles. The van der Waals surface area contributed by atoms with E-state index in [0.717, 1.165) is 30.7 Å². The van der Waals surface area contributed by atoms with Gasteiger partial charge in [-0.25, -0.2) is 0 Å². The molecule has 0 aromatic rings. The minimum Gasteiger partial charge on any atom is -0.356 e. The van der Waals surface area contributed by atoms with Crippen molar-refractivity contribution in [2.24, 2.45) is 23.2 Å². The molecule has 108 valence electrons. The summed E-state index contributed by atoms with van der Waals surface area (Å²) in [5, 5.41) is 3.09. The molecule has 4 saturated carbocycles. The van der Waals surface area contributed by atoms with Crippen LogP contribution in [0, 0.1) is 23.2 Å². The molecule has 19 heavy (non-hydrogen) atoms. The zero-order valence-electron chi connectivity index (χ0n) is 11.8. The summed E-state index contributed by atoms with van der Waals surface area (Å²) in [4.78, 5) is 11.6. The van der Waals surface area contributed by atoms with E-state index >= 15 is 0 Å². The molecular weight excluding hydrogens is 258 g/mol. The second-order valence-electron chi connectivity index (χ2n) is 7.31. The lowest BCUT2D eigenvalue weighted by Gasteiger charge is -2.57. The van der Waals surface area contributed by atoms with E-state index in [-0.39, 0.29) is 5.91 Å². The number of hydrogen-bond donors (Lipinski definition) is 1. The molecule has 4 aliphatic carbocycles. The Morgan fingerprint density at radius 3 is 2.21 bits per heavy atom. The molecule has 0 radical (unpaired) electrons. The molecule has 0 aliphatic heterocycles. The highest BCUT2D eigenvalue weighted by molar-refractivity contribution is 6.17. The van der Waals surface area contributed by atoms with Crippen molar-refractivity contribution in [3.8, 4) is 0 Å². The number of carbonyl (C=O) groups is 1. The van der Waals surface area contributed by atoms with Crippen molar-refractivity contribution in [1.29, 1.82) is 0 Å². The van der Waals surface area contributed by atoms with Crippen molar-refractivity contribution in [2.45, 2.75) is 57.8 Å². The van der Waals surface area contributed by atoms with Gasteiger partial charge in [-0.05, 0) is 74.5 Å². The van der Waals surface area contributed by atoms with E-state index in [1.54, 1.807) is 0 Å². The van der Waals surface area contributed by atoms with Crippen LogP contribution in [-0.2, 0) is 4.79 Å². The second-order valence-corrected chi connectivity index (χ2v) is 7.69. The van der Waals surface area contributed by atoms with Gasteiger partial charge in [0.25, 0.3) is 0 Å². The molecule has 2 nitrogen and oxygen atoms in total. The molecule has 4 rings (SSSR count). The number of carbonyl (C=O) groups excluding carboxylic acids is 1. The first-order chi connectivity index (χ1) is 9.19. The van der Waals surface area contributed by atoms with Gasteiger partial charge in [-0.2, -0.15) is 0 Å². The van der Waals surface area contributed by atoms with Crippen molar-refractivity contribution >= 4 is 17.5 Å². The second kappa shape index (κ2) is 5.63. The zero-order chi connectivity index (χ0) is 13.3. The fraction of sp³-hybridized carbons (Fsp3) is 0.938. The number of alkyl halides is 1. The SMILES string of the molecule is O=C(CCCCl)NCCC12CC3CC(CC(C3)C1)C2. The molecule has 0 spiro atoms. The molecule has 1 amide bonds. The Balaban J connectivity index is 1.46. The van der Waals surface area contributed by atoms with Crippen LogP contribution < -0.4 is 5.32 Å². The van der Waals surface area contributed by atoms with Crippen molar-refractivity contribution in [3.05, 3.63) is 0 Å². The lowest BCUT2D eigenvalue weighted by molar-refractivity contribution is -0.121. The summed E-state index contributed by atoms with van der Waals surface area (Å²) in [5.74, 6) is 3.81. The standard InChI is InChI=1S/C16H26ClNO/c17-4-1-2-15(19)18-5-3-16-9-12-6-13(10-16)8-14(7-12)11-16/h12-14H,1-11H2,(H,18,19). The van der Waals surface area contributed by atoms with Crippen molar-refractivity contribution < 1.29 is 4.79 Å². The van der Waals surface area contributed by atoms with E-state index in [1.165, 1.54) is 44.9 Å². The molecule has 4 fully saturated rings. The van der Waals surface area contributed by atoms with Gasteiger partial charge in [-0.3, -0.25) is 4.79 Å². The normalized spacial score (nSPS) is 39.5. The van der Waals surface area contributed by atoms with Crippen LogP contribution in [0.25, 0.3) is 0 Å². The van der Waals surface area contributed by atoms with Crippen LogP contribution in [0.1, 0.15) is 57.8 Å². The number of amides is 1. The van der Waals surface area contributed by atoms with Gasteiger partial charge in [0.1, 0.15) is 0 Å². The molecule has 0 aromatic heterocycles. The van der Waals surface area contributed by atoms with Crippen molar-refractivity contribution in [3.63, 3.8) is 0 Å². The third kappa shape index (κ3) is 3.09. The van der Waals surface area contributed by atoms with Crippen LogP contribution in [0.4, 0.5) is 0 Å². The van der Waals surface area contributed by atoms with E-state index in [0.29, 0.717) is 17.7 Å². The number of nitrogens with one attached hydrogen (secondary N) is 1. The Morgan fingerprint density at radius 2 is 1.68 bits per heavy atom. The molecule has 0 saturated heterocycles. The average molecular weight is 284 g/mol. The summed E-state index contributed by atoms with van der Waals surface area (Å²) in [6, 6.07) is 0. The van der Waals surface area contributed by atoms with Crippen LogP contribution in [0.15, 0.2) is 0 Å². The van der Waals surface area contributed by atoms with E-state index < -0.39 is 0 Å². The van der Waals surface area contributed by atoms with Gasteiger partial charge in [0.15, 0.2) is 0 Å². The van der Waals surface area contributed by atoms with Crippen LogP contribution >= 0.6 is 11.6 Å². The van der Waals surface area contributed by atoms with E-state index in [2.05, 4.69) is 5.32 Å². The van der Waals surface area contributed by atoms with Gasteiger partial charge in [0, 0.05) is 18.8 Å². The number of rotatable bonds is 6. The van der Waals surface area contributed by atoms with Gasteiger partial charge in [-0.15, -0.1) is 11.6 Å². The Labute approximate surface area is 121 Å². The topological polar surface area (TPSA) is 29.1 Å². The summed E-state index contributed by atoms with van der Waals surface area (Å²) in [5.41, 5.74) is 0.592. The highest BCUT2D eigenvalue weighted by atomic mass is 35.5. The molecule has 3 heteroatoms. The minimum absolute atomic E-state index is 0.186. The zero-order valence-corrected chi connectivity index (χ0v) is 12.6.